The number of fused-ring (bicyclic) bond motifs is 1. The minimum Gasteiger partial charge on any atom is -0.341 e. The molecule has 1 heterocycles. The summed E-state index contributed by atoms with van der Waals surface area (Å²) in [6.07, 6.45) is 1.04. The number of para-hydroxylation sites is 2. The fourth-order valence-corrected chi connectivity index (χ4v) is 1.67. The zero-order chi connectivity index (χ0) is 9.97. The van der Waals surface area contributed by atoms with E-state index in [-0.39, 0.29) is 0 Å². The summed E-state index contributed by atoms with van der Waals surface area (Å²) in [6.45, 7) is 2.15. The highest BCUT2D eigenvalue weighted by molar-refractivity contribution is 5.74. The van der Waals surface area contributed by atoms with Crippen molar-refractivity contribution in [2.24, 2.45) is 0 Å². The molecule has 2 rings (SSSR count). The molecule has 0 aliphatic carbocycles. The number of rotatable bonds is 3. The van der Waals surface area contributed by atoms with Crippen molar-refractivity contribution in [2.45, 2.75) is 19.4 Å². The number of hydrogen-bond donors (Lipinski definition) is 2. The van der Waals surface area contributed by atoms with Gasteiger partial charge in [-0.05, 0) is 25.6 Å². The predicted octanol–water partition coefficient (Wildman–Crippen LogP) is 2.23. The first-order valence-electron chi connectivity index (χ1n) is 4.97. The molecule has 14 heavy (non-hydrogen) atoms. The molecule has 0 saturated carbocycles. The van der Waals surface area contributed by atoms with Gasteiger partial charge in [0.2, 0.25) is 0 Å². The van der Waals surface area contributed by atoms with Gasteiger partial charge >= 0.3 is 0 Å². The van der Waals surface area contributed by atoms with Gasteiger partial charge in [0.05, 0.1) is 17.1 Å². The van der Waals surface area contributed by atoms with Gasteiger partial charge in [-0.25, -0.2) is 4.98 Å². The predicted molar refractivity (Wildman–Crippen MR) is 58.2 cm³/mol. The highest BCUT2D eigenvalue weighted by atomic mass is 15.0. The Morgan fingerprint density at radius 2 is 2.21 bits per heavy atom. The van der Waals surface area contributed by atoms with Gasteiger partial charge in [-0.1, -0.05) is 19.1 Å². The van der Waals surface area contributed by atoms with E-state index in [1.54, 1.807) is 0 Å². The van der Waals surface area contributed by atoms with Gasteiger partial charge in [-0.3, -0.25) is 0 Å². The molecule has 74 valence electrons. The summed E-state index contributed by atoms with van der Waals surface area (Å²) >= 11 is 0. The molecule has 0 aliphatic heterocycles. The van der Waals surface area contributed by atoms with Gasteiger partial charge < -0.3 is 10.3 Å². The van der Waals surface area contributed by atoms with Gasteiger partial charge in [0, 0.05) is 0 Å². The molecule has 1 aromatic carbocycles. The first-order valence-corrected chi connectivity index (χ1v) is 4.97. The Morgan fingerprint density at radius 3 is 2.86 bits per heavy atom. The second-order valence-corrected chi connectivity index (χ2v) is 3.39. The molecule has 0 saturated heterocycles. The van der Waals surface area contributed by atoms with Crippen molar-refractivity contribution in [1.82, 2.24) is 15.3 Å². The average Bonchev–Trinajstić information content (AvgIpc) is 2.63. The lowest BCUT2D eigenvalue weighted by molar-refractivity contribution is 0.551. The van der Waals surface area contributed by atoms with Crippen LogP contribution in [-0.2, 0) is 0 Å². The number of H-pyrrole nitrogens is 1. The lowest BCUT2D eigenvalue weighted by atomic mass is 10.2. The molecule has 1 aromatic heterocycles. The third-order valence-corrected chi connectivity index (χ3v) is 2.49. The fraction of sp³-hybridized carbons (Fsp3) is 0.364. The Bertz CT molecular complexity index is 382. The number of nitrogens with zero attached hydrogens (tertiary/aromatic N) is 1. The summed E-state index contributed by atoms with van der Waals surface area (Å²) in [5, 5.41) is 3.24. The van der Waals surface area contributed by atoms with Crippen LogP contribution in [0.3, 0.4) is 0 Å². The molecule has 0 aliphatic rings. The van der Waals surface area contributed by atoms with Gasteiger partial charge in [0.25, 0.3) is 0 Å². The van der Waals surface area contributed by atoms with Crippen molar-refractivity contribution in [3.8, 4) is 0 Å². The molecule has 0 bridgehead atoms. The summed E-state index contributed by atoms with van der Waals surface area (Å²) in [4.78, 5) is 7.86. The summed E-state index contributed by atoms with van der Waals surface area (Å²) in [5.41, 5.74) is 2.15. The van der Waals surface area contributed by atoms with Crippen LogP contribution in [0.25, 0.3) is 11.0 Å². The van der Waals surface area contributed by atoms with Crippen molar-refractivity contribution in [2.75, 3.05) is 7.05 Å². The molecule has 0 fully saturated rings. The van der Waals surface area contributed by atoms with Crippen molar-refractivity contribution >= 4 is 11.0 Å². The lowest BCUT2D eigenvalue weighted by Gasteiger charge is -2.09. The molecule has 2 aromatic rings. The summed E-state index contributed by atoms with van der Waals surface area (Å²) in [5.74, 6) is 1.02. The van der Waals surface area contributed by atoms with E-state index in [0.717, 1.165) is 23.3 Å². The van der Waals surface area contributed by atoms with Crippen LogP contribution in [0.5, 0.6) is 0 Å². The standard InChI is InChI=1S/C11H15N3/c1-3-8(12-2)11-13-9-6-4-5-7-10(9)14-11/h4-8,12H,3H2,1-2H3,(H,13,14)/t8-/m1/s1. The monoisotopic (exact) mass is 189 g/mol. The second kappa shape index (κ2) is 3.80. The SMILES string of the molecule is CC[C@@H](NC)c1nc2ccccc2[nH]1. The molecule has 3 heteroatoms. The van der Waals surface area contributed by atoms with Gasteiger partial charge in [0.15, 0.2) is 0 Å². The molecule has 0 amide bonds. The highest BCUT2D eigenvalue weighted by Gasteiger charge is 2.10. The molecule has 0 spiro atoms. The van der Waals surface area contributed by atoms with E-state index in [0.29, 0.717) is 6.04 Å². The van der Waals surface area contributed by atoms with Crippen LogP contribution >= 0.6 is 0 Å². The third-order valence-electron chi connectivity index (χ3n) is 2.49. The van der Waals surface area contributed by atoms with Crippen LogP contribution in [0, 0.1) is 0 Å². The third kappa shape index (κ3) is 1.51. The molecule has 1 atom stereocenters. The fourth-order valence-electron chi connectivity index (χ4n) is 1.67. The number of hydrogen-bond acceptors (Lipinski definition) is 2. The first kappa shape index (κ1) is 9.21. The Balaban J connectivity index is 2.43. The van der Waals surface area contributed by atoms with Crippen molar-refractivity contribution in [3.05, 3.63) is 30.1 Å². The quantitative estimate of drug-likeness (QED) is 0.777. The number of aromatic nitrogens is 2. The van der Waals surface area contributed by atoms with E-state index in [1.807, 2.05) is 31.3 Å². The average molecular weight is 189 g/mol. The highest BCUT2D eigenvalue weighted by Crippen LogP contribution is 2.17. The largest absolute Gasteiger partial charge is 0.341 e. The van der Waals surface area contributed by atoms with Crippen LogP contribution in [0.2, 0.25) is 0 Å². The van der Waals surface area contributed by atoms with E-state index < -0.39 is 0 Å². The van der Waals surface area contributed by atoms with E-state index in [4.69, 9.17) is 0 Å². The number of nitrogens with one attached hydrogen (secondary N) is 2. The Hall–Kier alpha value is -1.35. The second-order valence-electron chi connectivity index (χ2n) is 3.39. The zero-order valence-electron chi connectivity index (χ0n) is 8.54. The maximum absolute atomic E-state index is 4.54. The summed E-state index contributed by atoms with van der Waals surface area (Å²) in [7, 11) is 1.96. The molecule has 0 radical (unpaired) electrons. The van der Waals surface area contributed by atoms with E-state index in [2.05, 4.69) is 22.2 Å². The number of imidazole rings is 1. The van der Waals surface area contributed by atoms with Gasteiger partial charge in [-0.2, -0.15) is 0 Å². The zero-order valence-corrected chi connectivity index (χ0v) is 8.54. The maximum Gasteiger partial charge on any atom is 0.124 e. The van der Waals surface area contributed by atoms with Crippen LogP contribution in [0.4, 0.5) is 0 Å². The van der Waals surface area contributed by atoms with Gasteiger partial charge in [-0.15, -0.1) is 0 Å². The van der Waals surface area contributed by atoms with Gasteiger partial charge in [0.1, 0.15) is 5.82 Å². The van der Waals surface area contributed by atoms with Crippen LogP contribution < -0.4 is 5.32 Å². The normalized spacial score (nSPS) is 13.3. The summed E-state index contributed by atoms with van der Waals surface area (Å²) in [6, 6.07) is 8.42. The van der Waals surface area contributed by atoms with E-state index in [9.17, 15) is 0 Å². The van der Waals surface area contributed by atoms with Crippen LogP contribution in [0.1, 0.15) is 25.2 Å². The number of aromatic amines is 1. The smallest absolute Gasteiger partial charge is 0.124 e. The topological polar surface area (TPSA) is 40.7 Å². The minimum atomic E-state index is 0.322. The minimum absolute atomic E-state index is 0.322. The van der Waals surface area contributed by atoms with E-state index in [1.165, 1.54) is 0 Å². The molecule has 3 nitrogen and oxygen atoms in total. The number of benzene rings is 1. The first-order chi connectivity index (χ1) is 6.85. The Labute approximate surface area is 83.6 Å². The Kier molecular flexibility index (Phi) is 2.50. The van der Waals surface area contributed by atoms with Crippen molar-refractivity contribution < 1.29 is 0 Å². The van der Waals surface area contributed by atoms with Crippen LogP contribution in [-0.4, -0.2) is 17.0 Å². The molecular weight excluding hydrogens is 174 g/mol. The van der Waals surface area contributed by atoms with E-state index >= 15 is 0 Å². The molecule has 2 N–H and O–H groups in total. The maximum atomic E-state index is 4.54. The molecule has 0 unspecified atom stereocenters. The van der Waals surface area contributed by atoms with Crippen molar-refractivity contribution in [3.63, 3.8) is 0 Å². The Morgan fingerprint density at radius 1 is 1.43 bits per heavy atom. The van der Waals surface area contributed by atoms with Crippen LogP contribution in [0.15, 0.2) is 24.3 Å². The summed E-state index contributed by atoms with van der Waals surface area (Å²) < 4.78 is 0. The van der Waals surface area contributed by atoms with Crippen molar-refractivity contribution in [1.29, 1.82) is 0 Å². The molecular formula is C11H15N3. The lowest BCUT2D eigenvalue weighted by Crippen LogP contribution is -2.16.